The van der Waals surface area contributed by atoms with Gasteiger partial charge in [0.05, 0.1) is 18.4 Å². The Morgan fingerprint density at radius 2 is 1.64 bits per heavy atom. The van der Waals surface area contributed by atoms with Crippen LogP contribution in [0.4, 0.5) is 0 Å². The Morgan fingerprint density at radius 1 is 0.911 bits per heavy atom. The molecule has 0 spiro atoms. The van der Waals surface area contributed by atoms with Crippen molar-refractivity contribution in [1.29, 1.82) is 0 Å². The van der Waals surface area contributed by atoms with Crippen LogP contribution in [0.2, 0.25) is 0 Å². The van der Waals surface area contributed by atoms with Gasteiger partial charge in [0.1, 0.15) is 12.4 Å². The lowest BCUT2D eigenvalue weighted by molar-refractivity contribution is -0.144. The number of ether oxygens (including phenoxy) is 1. The molecule has 8 heteroatoms. The lowest BCUT2D eigenvalue weighted by Crippen LogP contribution is -2.47. The second-order valence-corrected chi connectivity index (χ2v) is 12.9. The summed E-state index contributed by atoms with van der Waals surface area (Å²) in [7, 11) is 0. The van der Waals surface area contributed by atoms with Crippen molar-refractivity contribution in [3.63, 3.8) is 0 Å². The van der Waals surface area contributed by atoms with E-state index in [1.807, 2.05) is 42.5 Å². The highest BCUT2D eigenvalue weighted by Gasteiger charge is 2.57. The number of imide groups is 1. The number of Topliss-reactive ketones (excluding diaryl/α,β-unsaturated/α-hetero) is 1. The van der Waals surface area contributed by atoms with Crippen molar-refractivity contribution in [2.24, 2.45) is 17.8 Å². The van der Waals surface area contributed by atoms with Gasteiger partial charge in [-0.25, -0.2) is 0 Å². The van der Waals surface area contributed by atoms with Gasteiger partial charge in [-0.15, -0.1) is 0 Å². The minimum Gasteiger partial charge on any atom is -0.491 e. The minimum atomic E-state index is -0.575. The van der Waals surface area contributed by atoms with E-state index in [4.69, 9.17) is 4.74 Å². The van der Waals surface area contributed by atoms with E-state index in [9.17, 15) is 24.3 Å². The molecule has 2 saturated heterocycles. The summed E-state index contributed by atoms with van der Waals surface area (Å²) in [5.74, 6) is -2.10. The molecule has 4 atom stereocenters. The molecular weight excluding hydrogens is 568 g/mol. The number of ketones is 2. The summed E-state index contributed by atoms with van der Waals surface area (Å²) < 4.78 is 5.90. The first-order valence-electron chi connectivity index (χ1n) is 16.0. The fourth-order valence-corrected chi connectivity index (χ4v) is 8.31. The molecule has 0 unspecified atom stereocenters. The van der Waals surface area contributed by atoms with Gasteiger partial charge in [0, 0.05) is 53.9 Å². The number of aliphatic hydroxyl groups is 1. The number of piperidine rings is 1. The van der Waals surface area contributed by atoms with Crippen LogP contribution in [-0.2, 0) is 25.7 Å². The Balaban J connectivity index is 1.19. The molecule has 7 rings (SSSR count). The van der Waals surface area contributed by atoms with Crippen LogP contribution in [0.25, 0.3) is 0 Å². The van der Waals surface area contributed by atoms with E-state index in [1.54, 1.807) is 17.9 Å². The molecule has 0 saturated carbocycles. The first kappa shape index (κ1) is 29.6. The van der Waals surface area contributed by atoms with Crippen LogP contribution in [0.15, 0.2) is 89.0 Å². The number of allylic oxidation sites excluding steroid dienone is 6. The number of aliphatic hydroxyl groups excluding tert-OH is 1. The van der Waals surface area contributed by atoms with Gasteiger partial charge in [0.25, 0.3) is 0 Å². The van der Waals surface area contributed by atoms with Crippen molar-refractivity contribution in [3.05, 3.63) is 100 Å². The zero-order valence-corrected chi connectivity index (χ0v) is 25.5. The number of hydrogen-bond acceptors (Lipinski definition) is 7. The number of para-hydroxylation sites is 1. The summed E-state index contributed by atoms with van der Waals surface area (Å²) in [4.78, 5) is 59.4. The molecular formula is C37H38N2O6. The van der Waals surface area contributed by atoms with E-state index in [0.29, 0.717) is 28.9 Å². The molecule has 2 aromatic rings. The zero-order chi connectivity index (χ0) is 31.2. The van der Waals surface area contributed by atoms with Gasteiger partial charge in [0.15, 0.2) is 11.6 Å². The van der Waals surface area contributed by atoms with Gasteiger partial charge >= 0.3 is 0 Å². The molecule has 2 amide bonds. The monoisotopic (exact) mass is 606 g/mol. The van der Waals surface area contributed by atoms with Crippen LogP contribution in [0, 0.1) is 17.8 Å². The van der Waals surface area contributed by atoms with Gasteiger partial charge in [-0.3, -0.25) is 29.0 Å². The quantitative estimate of drug-likeness (QED) is 0.287. The second-order valence-electron chi connectivity index (χ2n) is 12.9. The highest BCUT2D eigenvalue weighted by atomic mass is 16.5. The number of rotatable bonds is 7. The van der Waals surface area contributed by atoms with Crippen LogP contribution in [-0.4, -0.2) is 70.6 Å². The van der Waals surface area contributed by atoms with Crippen molar-refractivity contribution in [2.75, 3.05) is 26.3 Å². The second kappa shape index (κ2) is 12.0. The molecule has 0 bridgehead atoms. The van der Waals surface area contributed by atoms with E-state index < -0.39 is 17.8 Å². The number of fused-ring (bicyclic) bond motifs is 3. The Morgan fingerprint density at radius 3 is 2.40 bits per heavy atom. The summed E-state index contributed by atoms with van der Waals surface area (Å²) in [6.07, 6.45) is 5.60. The molecule has 8 nitrogen and oxygen atoms in total. The fraction of sp³-hybridized carbons (Fsp3) is 0.405. The van der Waals surface area contributed by atoms with Gasteiger partial charge in [-0.05, 0) is 56.2 Å². The molecule has 5 aliphatic rings. The number of benzene rings is 2. The average Bonchev–Trinajstić information content (AvgIpc) is 3.32. The van der Waals surface area contributed by atoms with Crippen LogP contribution in [0.1, 0.15) is 49.7 Å². The maximum atomic E-state index is 14.3. The maximum Gasteiger partial charge on any atom is 0.233 e. The Labute approximate surface area is 263 Å². The number of likely N-dealkylation sites (tertiary alicyclic amines) is 2. The summed E-state index contributed by atoms with van der Waals surface area (Å²) in [5.41, 5.74) is 4.15. The summed E-state index contributed by atoms with van der Waals surface area (Å²) in [5, 5.41) is 9.45. The van der Waals surface area contributed by atoms with Gasteiger partial charge < -0.3 is 9.84 Å². The highest BCUT2D eigenvalue weighted by Crippen LogP contribution is 2.56. The topological polar surface area (TPSA) is 104 Å². The molecule has 0 aromatic heterocycles. The zero-order valence-electron chi connectivity index (χ0n) is 25.5. The Bertz CT molecular complexity index is 1650. The van der Waals surface area contributed by atoms with E-state index in [0.717, 1.165) is 43.6 Å². The SMILES string of the molecule is CC1=CC(=O)C2=C(C[C@@H]3C(=CC[C@@H]4C(=O)N(C5CCN(Cc6ccccc6)CC5)C(=O)[C@@H]43)[C@@H]2c2ccccc2OCCO)C1=O. The van der Waals surface area contributed by atoms with Crippen molar-refractivity contribution in [3.8, 4) is 5.75 Å². The molecule has 2 fully saturated rings. The lowest BCUT2D eigenvalue weighted by atomic mass is 9.59. The van der Waals surface area contributed by atoms with E-state index >= 15 is 0 Å². The van der Waals surface area contributed by atoms with E-state index in [-0.39, 0.29) is 55.0 Å². The predicted molar refractivity (Wildman–Crippen MR) is 167 cm³/mol. The molecule has 2 aliphatic heterocycles. The number of amides is 2. The molecule has 2 heterocycles. The van der Waals surface area contributed by atoms with E-state index in [2.05, 4.69) is 17.0 Å². The normalized spacial score (nSPS) is 27.2. The summed E-state index contributed by atoms with van der Waals surface area (Å²) in [6.45, 7) is 4.04. The molecule has 0 radical (unpaired) electrons. The van der Waals surface area contributed by atoms with Gasteiger partial charge in [-0.2, -0.15) is 0 Å². The number of carbonyl (C=O) groups excluding carboxylic acids is 4. The standard InChI is InChI=1S/C37H38N2O6/c1-22-19-30(41)34-29(35(22)42)20-28-25(32(34)26-9-5-6-10-31(26)45-18-17-40)11-12-27-33(28)37(44)39(36(27)43)24-13-15-38(16-14-24)21-23-7-3-2-4-8-23/h2-11,19,24,27-28,32-33,40H,12-18,20-21H2,1H3/t27-,28+,32+,33-/m0/s1. The summed E-state index contributed by atoms with van der Waals surface area (Å²) >= 11 is 0. The maximum absolute atomic E-state index is 14.3. The summed E-state index contributed by atoms with van der Waals surface area (Å²) in [6, 6.07) is 17.6. The Kier molecular flexibility index (Phi) is 7.88. The number of carbonyl (C=O) groups is 4. The molecule has 232 valence electrons. The van der Waals surface area contributed by atoms with Crippen LogP contribution >= 0.6 is 0 Å². The van der Waals surface area contributed by atoms with Crippen molar-refractivity contribution in [1.82, 2.24) is 9.80 Å². The highest BCUT2D eigenvalue weighted by molar-refractivity contribution is 6.23. The minimum absolute atomic E-state index is 0.0841. The van der Waals surface area contributed by atoms with Crippen LogP contribution in [0.5, 0.6) is 5.75 Å². The lowest BCUT2D eigenvalue weighted by Gasteiger charge is -2.42. The molecule has 2 aromatic carbocycles. The third-order valence-corrected chi connectivity index (χ3v) is 10.3. The van der Waals surface area contributed by atoms with Crippen LogP contribution in [0.3, 0.4) is 0 Å². The van der Waals surface area contributed by atoms with Crippen LogP contribution < -0.4 is 4.74 Å². The smallest absolute Gasteiger partial charge is 0.233 e. The molecule has 1 N–H and O–H groups in total. The number of nitrogens with zero attached hydrogens (tertiary/aromatic N) is 2. The molecule has 3 aliphatic carbocycles. The van der Waals surface area contributed by atoms with Gasteiger partial charge in [0.2, 0.25) is 11.8 Å². The van der Waals surface area contributed by atoms with Crippen molar-refractivity contribution < 1.29 is 29.0 Å². The molecule has 45 heavy (non-hydrogen) atoms. The largest absolute Gasteiger partial charge is 0.491 e. The van der Waals surface area contributed by atoms with Crippen molar-refractivity contribution in [2.45, 2.75) is 51.1 Å². The van der Waals surface area contributed by atoms with Crippen molar-refractivity contribution >= 4 is 23.4 Å². The first-order chi connectivity index (χ1) is 21.9. The van der Waals surface area contributed by atoms with E-state index in [1.165, 1.54) is 11.6 Å². The Hall–Kier alpha value is -4.14. The first-order valence-corrected chi connectivity index (χ1v) is 16.0. The number of hydrogen-bond donors (Lipinski definition) is 1. The third kappa shape index (κ3) is 5.10. The third-order valence-electron chi connectivity index (χ3n) is 10.3. The van der Waals surface area contributed by atoms with Gasteiger partial charge in [-0.1, -0.05) is 60.2 Å². The average molecular weight is 607 g/mol. The predicted octanol–water partition coefficient (Wildman–Crippen LogP) is 4.15. The fourth-order valence-electron chi connectivity index (χ4n) is 8.31.